The number of hydrogen-bond acceptors (Lipinski definition) is 4. The second-order valence-electron chi connectivity index (χ2n) is 6.13. The van der Waals surface area contributed by atoms with Gasteiger partial charge in [-0.1, -0.05) is 18.9 Å². The second-order valence-corrected chi connectivity index (χ2v) is 8.76. The Balaban J connectivity index is 1.77. The number of nitrogens with zero attached hydrogens (tertiary/aromatic N) is 2. The summed E-state index contributed by atoms with van der Waals surface area (Å²) in [4.78, 5) is 1.24. The summed E-state index contributed by atoms with van der Waals surface area (Å²) in [5, 5.41) is 6.59. The van der Waals surface area contributed by atoms with E-state index in [1.165, 1.54) is 24.2 Å². The molecule has 0 spiro atoms. The molecule has 2 aromatic heterocycles. The smallest absolute Gasteiger partial charge is 0.244 e. The molecule has 0 aliphatic heterocycles. The van der Waals surface area contributed by atoms with E-state index in [1.54, 1.807) is 6.20 Å². The third-order valence-corrected chi connectivity index (χ3v) is 6.74. The van der Waals surface area contributed by atoms with E-state index in [1.807, 2.05) is 22.2 Å². The molecule has 2 aromatic rings. The molecule has 1 N–H and O–H groups in total. The van der Waals surface area contributed by atoms with E-state index < -0.39 is 10.0 Å². The van der Waals surface area contributed by atoms with Crippen molar-refractivity contribution in [3.63, 3.8) is 0 Å². The van der Waals surface area contributed by atoms with Crippen molar-refractivity contribution in [1.82, 2.24) is 14.5 Å². The van der Waals surface area contributed by atoms with E-state index in [9.17, 15) is 8.42 Å². The SMILES string of the molecule is O=S(=O)(NC1CC1)c1cn(C2CCCC2)nc1-c1cccs1. The number of aromatic nitrogens is 2. The summed E-state index contributed by atoms with van der Waals surface area (Å²) in [6.07, 6.45) is 8.16. The second kappa shape index (κ2) is 5.47. The van der Waals surface area contributed by atoms with E-state index in [0.29, 0.717) is 16.6 Å². The van der Waals surface area contributed by atoms with Gasteiger partial charge in [0.2, 0.25) is 10.0 Å². The van der Waals surface area contributed by atoms with Gasteiger partial charge in [-0.15, -0.1) is 11.3 Å². The van der Waals surface area contributed by atoms with E-state index >= 15 is 0 Å². The van der Waals surface area contributed by atoms with Gasteiger partial charge in [-0.3, -0.25) is 4.68 Å². The third-order valence-electron chi connectivity index (χ3n) is 4.34. The predicted octanol–water partition coefficient (Wildman–Crippen LogP) is 3.17. The molecule has 2 aliphatic carbocycles. The average molecular weight is 337 g/mol. The van der Waals surface area contributed by atoms with E-state index in [-0.39, 0.29) is 6.04 Å². The molecular weight excluding hydrogens is 318 g/mol. The Morgan fingerprint density at radius 3 is 2.64 bits per heavy atom. The minimum atomic E-state index is -3.49. The lowest BCUT2D eigenvalue weighted by atomic mass is 10.3. The van der Waals surface area contributed by atoms with E-state index in [0.717, 1.165) is 30.6 Å². The van der Waals surface area contributed by atoms with Crippen molar-refractivity contribution in [3.8, 4) is 10.6 Å². The maximum Gasteiger partial charge on any atom is 0.244 e. The van der Waals surface area contributed by atoms with Crippen LogP contribution in [0.3, 0.4) is 0 Å². The molecule has 0 unspecified atom stereocenters. The highest BCUT2D eigenvalue weighted by atomic mass is 32.2. The molecular formula is C15H19N3O2S2. The van der Waals surface area contributed by atoms with Crippen molar-refractivity contribution in [1.29, 1.82) is 0 Å². The van der Waals surface area contributed by atoms with Gasteiger partial charge >= 0.3 is 0 Å². The Morgan fingerprint density at radius 2 is 2.00 bits per heavy atom. The molecule has 0 bridgehead atoms. The molecule has 2 heterocycles. The fourth-order valence-corrected chi connectivity index (χ4v) is 5.24. The maximum absolute atomic E-state index is 12.7. The van der Waals surface area contributed by atoms with Gasteiger partial charge in [0.25, 0.3) is 0 Å². The van der Waals surface area contributed by atoms with Gasteiger partial charge in [0.1, 0.15) is 10.6 Å². The fourth-order valence-electron chi connectivity index (χ4n) is 3.00. The predicted molar refractivity (Wildman–Crippen MR) is 86.4 cm³/mol. The van der Waals surface area contributed by atoms with Gasteiger partial charge in [-0.2, -0.15) is 5.10 Å². The molecule has 2 saturated carbocycles. The zero-order chi connectivity index (χ0) is 15.2. The normalized spacial score (nSPS) is 19.8. The Morgan fingerprint density at radius 1 is 1.23 bits per heavy atom. The van der Waals surface area contributed by atoms with Gasteiger partial charge in [0, 0.05) is 12.2 Å². The first kappa shape index (κ1) is 14.4. The largest absolute Gasteiger partial charge is 0.268 e. The topological polar surface area (TPSA) is 64.0 Å². The molecule has 4 rings (SSSR count). The summed E-state index contributed by atoms with van der Waals surface area (Å²) in [6.45, 7) is 0. The number of hydrogen-bond donors (Lipinski definition) is 1. The molecule has 0 amide bonds. The molecule has 7 heteroatoms. The molecule has 22 heavy (non-hydrogen) atoms. The quantitative estimate of drug-likeness (QED) is 0.911. The first-order valence-electron chi connectivity index (χ1n) is 7.79. The number of nitrogens with one attached hydrogen (secondary N) is 1. The minimum Gasteiger partial charge on any atom is -0.268 e. The summed E-state index contributed by atoms with van der Waals surface area (Å²) in [6, 6.07) is 4.31. The van der Waals surface area contributed by atoms with Crippen LogP contribution < -0.4 is 4.72 Å². The highest BCUT2D eigenvalue weighted by molar-refractivity contribution is 7.89. The first-order chi connectivity index (χ1) is 10.6. The van der Waals surface area contributed by atoms with Crippen LogP contribution in [-0.2, 0) is 10.0 Å². The van der Waals surface area contributed by atoms with Gasteiger partial charge in [0.05, 0.1) is 10.9 Å². The Hall–Kier alpha value is -1.18. The number of sulfonamides is 1. The van der Waals surface area contributed by atoms with Crippen molar-refractivity contribution >= 4 is 21.4 Å². The summed E-state index contributed by atoms with van der Waals surface area (Å²) in [5.41, 5.74) is 0.593. The van der Waals surface area contributed by atoms with Crippen molar-refractivity contribution < 1.29 is 8.42 Å². The van der Waals surface area contributed by atoms with Crippen LogP contribution in [0.5, 0.6) is 0 Å². The Bertz CT molecular complexity index is 755. The summed E-state index contributed by atoms with van der Waals surface area (Å²) >= 11 is 1.53. The van der Waals surface area contributed by atoms with Crippen LogP contribution in [0.25, 0.3) is 10.6 Å². The van der Waals surface area contributed by atoms with Gasteiger partial charge in [-0.25, -0.2) is 13.1 Å². The minimum absolute atomic E-state index is 0.107. The van der Waals surface area contributed by atoms with Crippen LogP contribution in [0.2, 0.25) is 0 Å². The van der Waals surface area contributed by atoms with E-state index in [2.05, 4.69) is 9.82 Å². The van der Waals surface area contributed by atoms with Crippen LogP contribution in [0.1, 0.15) is 44.6 Å². The van der Waals surface area contributed by atoms with Gasteiger partial charge in [0.15, 0.2) is 0 Å². The van der Waals surface area contributed by atoms with Crippen LogP contribution in [0.15, 0.2) is 28.6 Å². The monoisotopic (exact) mass is 337 g/mol. The standard InChI is InChI=1S/C15H19N3O2S2/c19-22(20,17-11-7-8-11)14-10-18(12-4-1-2-5-12)16-15(14)13-6-3-9-21-13/h3,6,9-12,17H,1-2,4-5,7-8H2. The van der Waals surface area contributed by atoms with Gasteiger partial charge < -0.3 is 0 Å². The first-order valence-corrected chi connectivity index (χ1v) is 10.1. The summed E-state index contributed by atoms with van der Waals surface area (Å²) in [5.74, 6) is 0. The Kier molecular flexibility index (Phi) is 3.58. The lowest BCUT2D eigenvalue weighted by Crippen LogP contribution is -2.25. The average Bonchev–Trinajstić information content (AvgIpc) is 3.02. The fraction of sp³-hybridized carbons (Fsp3) is 0.533. The van der Waals surface area contributed by atoms with Crippen molar-refractivity contribution in [2.24, 2.45) is 0 Å². The molecule has 0 aromatic carbocycles. The number of rotatable bonds is 5. The molecule has 0 saturated heterocycles. The van der Waals surface area contributed by atoms with Gasteiger partial charge in [-0.05, 0) is 37.1 Å². The zero-order valence-corrected chi connectivity index (χ0v) is 13.9. The molecule has 0 atom stereocenters. The third kappa shape index (κ3) is 2.73. The van der Waals surface area contributed by atoms with Crippen molar-refractivity contribution in [3.05, 3.63) is 23.7 Å². The molecule has 2 fully saturated rings. The number of thiophene rings is 1. The van der Waals surface area contributed by atoms with Crippen LogP contribution in [0.4, 0.5) is 0 Å². The van der Waals surface area contributed by atoms with Crippen LogP contribution in [-0.4, -0.2) is 24.2 Å². The van der Waals surface area contributed by atoms with Crippen LogP contribution >= 0.6 is 11.3 Å². The van der Waals surface area contributed by atoms with Crippen LogP contribution in [0, 0.1) is 0 Å². The zero-order valence-electron chi connectivity index (χ0n) is 12.2. The summed E-state index contributed by atoms with van der Waals surface area (Å²) in [7, 11) is -3.49. The molecule has 118 valence electrons. The Labute approximate surface area is 134 Å². The van der Waals surface area contributed by atoms with Crippen molar-refractivity contribution in [2.45, 2.75) is 55.5 Å². The highest BCUT2D eigenvalue weighted by Gasteiger charge is 2.32. The molecule has 0 radical (unpaired) electrons. The summed E-state index contributed by atoms with van der Waals surface area (Å²) < 4.78 is 30.0. The lowest BCUT2D eigenvalue weighted by molar-refractivity contribution is 0.467. The molecule has 2 aliphatic rings. The van der Waals surface area contributed by atoms with E-state index in [4.69, 9.17) is 0 Å². The molecule has 5 nitrogen and oxygen atoms in total. The maximum atomic E-state index is 12.7. The van der Waals surface area contributed by atoms with Crippen molar-refractivity contribution in [2.75, 3.05) is 0 Å². The highest BCUT2D eigenvalue weighted by Crippen LogP contribution is 2.35. The lowest BCUT2D eigenvalue weighted by Gasteiger charge is -2.08.